The highest BCUT2D eigenvalue weighted by Crippen LogP contribution is 2.44. The third kappa shape index (κ3) is 2.63. The molecular weight excluding hydrogens is 240 g/mol. The van der Waals surface area contributed by atoms with E-state index in [1.807, 2.05) is 32.9 Å². The molecule has 0 amide bonds. The Labute approximate surface area is 115 Å². The van der Waals surface area contributed by atoms with Gasteiger partial charge in [0.15, 0.2) is 0 Å². The summed E-state index contributed by atoms with van der Waals surface area (Å²) in [7, 11) is 1.67. The number of aliphatic hydroxyl groups is 1. The summed E-state index contributed by atoms with van der Waals surface area (Å²) >= 11 is 0. The van der Waals surface area contributed by atoms with Crippen molar-refractivity contribution in [1.82, 2.24) is 0 Å². The molecule has 1 aromatic rings. The molecule has 106 valence electrons. The highest BCUT2D eigenvalue weighted by molar-refractivity contribution is 5.48. The number of hydrogen-bond donors (Lipinski definition) is 1. The van der Waals surface area contributed by atoms with Crippen LogP contribution in [0.3, 0.4) is 0 Å². The Balaban J connectivity index is 2.49. The van der Waals surface area contributed by atoms with Crippen molar-refractivity contribution in [3.05, 3.63) is 28.8 Å². The minimum absolute atomic E-state index is 0.309. The molecule has 1 fully saturated rings. The van der Waals surface area contributed by atoms with Crippen LogP contribution in [0.5, 0.6) is 5.75 Å². The van der Waals surface area contributed by atoms with E-state index in [1.165, 1.54) is 5.56 Å². The molecule has 3 nitrogen and oxygen atoms in total. The van der Waals surface area contributed by atoms with Gasteiger partial charge in [-0.3, -0.25) is 0 Å². The Morgan fingerprint density at radius 3 is 2.53 bits per heavy atom. The molecule has 1 unspecified atom stereocenters. The number of ether oxygens (including phenoxy) is 2. The van der Waals surface area contributed by atoms with E-state index in [1.54, 1.807) is 7.11 Å². The Morgan fingerprint density at radius 2 is 1.95 bits per heavy atom. The zero-order valence-electron chi connectivity index (χ0n) is 12.5. The molecule has 0 aliphatic carbocycles. The molecule has 2 rings (SSSR count). The van der Waals surface area contributed by atoms with Gasteiger partial charge in [0.2, 0.25) is 0 Å². The van der Waals surface area contributed by atoms with Gasteiger partial charge in [0.1, 0.15) is 5.75 Å². The first-order chi connectivity index (χ1) is 8.79. The number of benzene rings is 1. The van der Waals surface area contributed by atoms with Gasteiger partial charge in [0, 0.05) is 18.4 Å². The maximum absolute atomic E-state index is 11.0. The first kappa shape index (κ1) is 14.4. The lowest BCUT2D eigenvalue weighted by atomic mass is 9.78. The molecule has 1 heterocycles. The molecule has 1 aliphatic heterocycles. The van der Waals surface area contributed by atoms with Crippen molar-refractivity contribution < 1.29 is 14.6 Å². The Kier molecular flexibility index (Phi) is 3.63. The lowest BCUT2D eigenvalue weighted by Crippen LogP contribution is -2.44. The molecule has 0 spiro atoms. The van der Waals surface area contributed by atoms with Gasteiger partial charge in [-0.15, -0.1) is 0 Å². The highest BCUT2D eigenvalue weighted by atomic mass is 16.5. The lowest BCUT2D eigenvalue weighted by Gasteiger charge is -2.42. The van der Waals surface area contributed by atoms with Crippen LogP contribution in [0.4, 0.5) is 0 Å². The summed E-state index contributed by atoms with van der Waals surface area (Å²) in [5.41, 5.74) is 1.98. The number of aryl methyl sites for hydroxylation is 1. The summed E-state index contributed by atoms with van der Waals surface area (Å²) in [5, 5.41) is 11.0. The Bertz CT molecular complexity index is 479. The molecule has 1 atom stereocenters. The quantitative estimate of drug-likeness (QED) is 0.892. The second-order valence-electron chi connectivity index (χ2n) is 6.15. The third-order valence-corrected chi connectivity index (χ3v) is 4.11. The summed E-state index contributed by atoms with van der Waals surface area (Å²) < 4.78 is 11.3. The fourth-order valence-corrected chi connectivity index (χ4v) is 2.99. The highest BCUT2D eigenvalue weighted by Gasteiger charge is 2.42. The van der Waals surface area contributed by atoms with Crippen LogP contribution >= 0.6 is 0 Å². The largest absolute Gasteiger partial charge is 0.496 e. The molecule has 0 bridgehead atoms. The van der Waals surface area contributed by atoms with Crippen molar-refractivity contribution in [2.45, 2.75) is 51.7 Å². The van der Waals surface area contributed by atoms with Gasteiger partial charge in [-0.25, -0.2) is 0 Å². The summed E-state index contributed by atoms with van der Waals surface area (Å²) in [6.07, 6.45) is 1.19. The minimum atomic E-state index is -0.869. The minimum Gasteiger partial charge on any atom is -0.496 e. The predicted octanol–water partition coefficient (Wildman–Crippen LogP) is 3.09. The van der Waals surface area contributed by atoms with Gasteiger partial charge in [0.25, 0.3) is 0 Å². The van der Waals surface area contributed by atoms with E-state index in [0.717, 1.165) is 16.9 Å². The van der Waals surface area contributed by atoms with E-state index in [-0.39, 0.29) is 5.60 Å². The van der Waals surface area contributed by atoms with Crippen molar-refractivity contribution in [2.75, 3.05) is 13.7 Å². The summed E-state index contributed by atoms with van der Waals surface area (Å²) in [5.74, 6) is 0.806. The number of methoxy groups -OCH3 is 1. The average Bonchev–Trinajstić information content (AvgIpc) is 2.30. The zero-order chi connectivity index (χ0) is 14.3. The molecule has 1 aromatic carbocycles. The van der Waals surface area contributed by atoms with Crippen LogP contribution in [0.1, 0.15) is 43.4 Å². The van der Waals surface area contributed by atoms with E-state index < -0.39 is 5.60 Å². The molecular formula is C16H24O3. The third-order valence-electron chi connectivity index (χ3n) is 4.11. The van der Waals surface area contributed by atoms with E-state index in [0.29, 0.717) is 19.4 Å². The normalized spacial score (nSPS) is 26.2. The number of rotatable bonds is 2. The maximum Gasteiger partial charge on any atom is 0.128 e. The van der Waals surface area contributed by atoms with Crippen molar-refractivity contribution >= 4 is 0 Å². The van der Waals surface area contributed by atoms with Crippen LogP contribution in [0, 0.1) is 13.8 Å². The first-order valence-electron chi connectivity index (χ1n) is 6.80. The molecule has 1 aliphatic rings. The molecule has 1 N–H and O–H groups in total. The topological polar surface area (TPSA) is 38.7 Å². The van der Waals surface area contributed by atoms with E-state index in [4.69, 9.17) is 9.47 Å². The van der Waals surface area contributed by atoms with E-state index >= 15 is 0 Å². The van der Waals surface area contributed by atoms with Gasteiger partial charge < -0.3 is 14.6 Å². The Hall–Kier alpha value is -1.06. The monoisotopic (exact) mass is 264 g/mol. The molecule has 0 aromatic heterocycles. The summed E-state index contributed by atoms with van der Waals surface area (Å²) in [6.45, 7) is 8.69. The van der Waals surface area contributed by atoms with Crippen LogP contribution in [-0.4, -0.2) is 24.4 Å². The fourth-order valence-electron chi connectivity index (χ4n) is 2.99. The second kappa shape index (κ2) is 4.80. The zero-order valence-corrected chi connectivity index (χ0v) is 12.5. The molecule has 1 saturated heterocycles. The van der Waals surface area contributed by atoms with Crippen molar-refractivity contribution in [3.63, 3.8) is 0 Å². The molecule has 19 heavy (non-hydrogen) atoms. The fraction of sp³-hybridized carbons (Fsp3) is 0.625. The van der Waals surface area contributed by atoms with Gasteiger partial charge in [-0.1, -0.05) is 12.1 Å². The lowest BCUT2D eigenvalue weighted by molar-refractivity contribution is -0.148. The second-order valence-corrected chi connectivity index (χ2v) is 6.15. The number of hydrogen-bond acceptors (Lipinski definition) is 3. The van der Waals surface area contributed by atoms with Crippen LogP contribution in [-0.2, 0) is 10.3 Å². The van der Waals surface area contributed by atoms with Crippen LogP contribution in [0.25, 0.3) is 0 Å². The maximum atomic E-state index is 11.0. The summed E-state index contributed by atoms with van der Waals surface area (Å²) in [4.78, 5) is 0. The van der Waals surface area contributed by atoms with Crippen LogP contribution in [0.2, 0.25) is 0 Å². The SMILES string of the molecule is COc1c(C2(O)CCOC(C)(C)C2)ccc(C)c1C. The smallest absolute Gasteiger partial charge is 0.128 e. The average molecular weight is 264 g/mol. The standard InChI is InChI=1S/C16H24O3/c1-11-6-7-13(14(18-5)12(11)2)16(17)8-9-19-15(3,4)10-16/h6-7,17H,8-10H2,1-5H3. The predicted molar refractivity (Wildman–Crippen MR) is 75.6 cm³/mol. The molecule has 0 saturated carbocycles. The molecule has 3 heteroatoms. The van der Waals surface area contributed by atoms with Gasteiger partial charge in [-0.2, -0.15) is 0 Å². The van der Waals surface area contributed by atoms with Crippen molar-refractivity contribution in [2.24, 2.45) is 0 Å². The van der Waals surface area contributed by atoms with E-state index in [2.05, 4.69) is 6.92 Å². The summed E-state index contributed by atoms with van der Waals surface area (Å²) in [6, 6.07) is 4.04. The van der Waals surface area contributed by atoms with Crippen LogP contribution < -0.4 is 4.74 Å². The first-order valence-corrected chi connectivity index (χ1v) is 6.80. The van der Waals surface area contributed by atoms with E-state index in [9.17, 15) is 5.11 Å². The Morgan fingerprint density at radius 1 is 1.26 bits per heavy atom. The van der Waals surface area contributed by atoms with Crippen molar-refractivity contribution in [3.8, 4) is 5.75 Å². The van der Waals surface area contributed by atoms with Gasteiger partial charge >= 0.3 is 0 Å². The van der Waals surface area contributed by atoms with Gasteiger partial charge in [0.05, 0.1) is 24.9 Å². The van der Waals surface area contributed by atoms with Gasteiger partial charge in [-0.05, 0) is 38.8 Å². The van der Waals surface area contributed by atoms with Crippen molar-refractivity contribution in [1.29, 1.82) is 0 Å². The van der Waals surface area contributed by atoms with Crippen LogP contribution in [0.15, 0.2) is 12.1 Å². The molecule has 0 radical (unpaired) electrons.